The number of nitrogens with zero attached hydrogens (tertiary/aromatic N) is 4. The molecule has 2 amide bonds. The summed E-state index contributed by atoms with van der Waals surface area (Å²) in [5.41, 5.74) is 2.68. The van der Waals surface area contributed by atoms with Gasteiger partial charge in [0.1, 0.15) is 5.75 Å². The summed E-state index contributed by atoms with van der Waals surface area (Å²) in [5.74, 6) is 2.01. The SMILES string of the molecule is CCCCN(CCC[N+](C)(C)C)C(=O)CN1CC(c2ccc3c(c2)CCO3)CC1CCN1CCCCC1=O. The second-order valence-electron chi connectivity index (χ2n) is 12.7. The van der Waals surface area contributed by atoms with Crippen LogP contribution < -0.4 is 4.74 Å². The highest BCUT2D eigenvalue weighted by molar-refractivity contribution is 5.78. The summed E-state index contributed by atoms with van der Waals surface area (Å²) in [6, 6.07) is 7.01. The average Bonchev–Trinajstić information content (AvgIpc) is 3.51. The predicted octanol–water partition coefficient (Wildman–Crippen LogP) is 3.91. The first-order valence-corrected chi connectivity index (χ1v) is 15.1. The number of quaternary nitrogens is 1. The molecule has 3 heterocycles. The molecule has 0 N–H and O–H groups in total. The first kappa shape index (κ1) is 28.9. The van der Waals surface area contributed by atoms with Crippen molar-refractivity contribution in [2.75, 3.05) is 73.6 Å². The van der Waals surface area contributed by atoms with Crippen LogP contribution in [0.5, 0.6) is 5.75 Å². The Kier molecular flexibility index (Phi) is 10.1. The van der Waals surface area contributed by atoms with E-state index in [4.69, 9.17) is 4.74 Å². The Bertz CT molecular complexity index is 944. The van der Waals surface area contributed by atoms with Crippen LogP contribution in [0.2, 0.25) is 0 Å². The van der Waals surface area contributed by atoms with Crippen molar-refractivity contribution in [2.24, 2.45) is 0 Å². The molecule has 3 aliphatic heterocycles. The Morgan fingerprint density at radius 1 is 1.13 bits per heavy atom. The molecule has 0 bridgehead atoms. The molecule has 3 aliphatic rings. The quantitative estimate of drug-likeness (QED) is 0.365. The zero-order chi connectivity index (χ0) is 27.1. The van der Waals surface area contributed by atoms with Crippen LogP contribution in [0.25, 0.3) is 0 Å². The predicted molar refractivity (Wildman–Crippen MR) is 152 cm³/mol. The van der Waals surface area contributed by atoms with Gasteiger partial charge in [-0.3, -0.25) is 14.5 Å². The number of unbranched alkanes of at least 4 members (excludes halogenated alkanes) is 1. The van der Waals surface area contributed by atoms with Gasteiger partial charge in [-0.1, -0.05) is 25.5 Å². The van der Waals surface area contributed by atoms with E-state index < -0.39 is 0 Å². The van der Waals surface area contributed by atoms with Crippen LogP contribution in [-0.2, 0) is 16.0 Å². The Morgan fingerprint density at radius 2 is 1.95 bits per heavy atom. The number of hydrogen-bond acceptors (Lipinski definition) is 4. The number of rotatable bonds is 13. The van der Waals surface area contributed by atoms with Gasteiger partial charge in [-0.25, -0.2) is 0 Å². The fourth-order valence-corrected chi connectivity index (χ4v) is 6.30. The van der Waals surface area contributed by atoms with Crippen LogP contribution in [0.15, 0.2) is 18.2 Å². The van der Waals surface area contributed by atoms with Crippen LogP contribution in [0, 0.1) is 0 Å². The second-order valence-corrected chi connectivity index (χ2v) is 12.7. The minimum atomic E-state index is 0.266. The van der Waals surface area contributed by atoms with Crippen molar-refractivity contribution in [1.82, 2.24) is 14.7 Å². The van der Waals surface area contributed by atoms with Crippen LogP contribution in [-0.4, -0.2) is 111 Å². The summed E-state index contributed by atoms with van der Waals surface area (Å²) < 4.78 is 6.66. The van der Waals surface area contributed by atoms with Gasteiger partial charge in [0.05, 0.1) is 40.8 Å². The van der Waals surface area contributed by atoms with Crippen molar-refractivity contribution in [3.05, 3.63) is 29.3 Å². The van der Waals surface area contributed by atoms with Gasteiger partial charge < -0.3 is 19.0 Å². The number of hydrogen-bond donors (Lipinski definition) is 0. The third-order valence-electron chi connectivity index (χ3n) is 8.60. The lowest BCUT2D eigenvalue weighted by Gasteiger charge is -2.32. The van der Waals surface area contributed by atoms with Crippen molar-refractivity contribution in [1.29, 1.82) is 0 Å². The number of ether oxygens (including phenoxy) is 1. The molecule has 4 rings (SSSR count). The van der Waals surface area contributed by atoms with Crippen molar-refractivity contribution >= 4 is 11.8 Å². The molecule has 0 radical (unpaired) electrons. The molecular weight excluding hydrogens is 476 g/mol. The number of carbonyl (C=O) groups is 2. The second kappa shape index (κ2) is 13.3. The Labute approximate surface area is 230 Å². The molecule has 0 aromatic heterocycles. The summed E-state index contributed by atoms with van der Waals surface area (Å²) in [5, 5.41) is 0. The van der Waals surface area contributed by atoms with Crippen LogP contribution in [0.4, 0.5) is 0 Å². The monoisotopic (exact) mass is 527 g/mol. The van der Waals surface area contributed by atoms with Gasteiger partial charge in [0.2, 0.25) is 11.8 Å². The van der Waals surface area contributed by atoms with E-state index >= 15 is 0 Å². The average molecular weight is 528 g/mol. The van der Waals surface area contributed by atoms with E-state index in [-0.39, 0.29) is 5.91 Å². The topological polar surface area (TPSA) is 53.1 Å². The van der Waals surface area contributed by atoms with Crippen molar-refractivity contribution in [3.8, 4) is 5.75 Å². The Balaban J connectivity index is 1.43. The van der Waals surface area contributed by atoms with Gasteiger partial charge in [0, 0.05) is 58.0 Å². The summed E-state index contributed by atoms with van der Waals surface area (Å²) >= 11 is 0. The number of fused-ring (bicyclic) bond motifs is 1. The van der Waals surface area contributed by atoms with Gasteiger partial charge in [-0.15, -0.1) is 0 Å². The number of benzene rings is 1. The maximum atomic E-state index is 13.7. The van der Waals surface area contributed by atoms with E-state index in [0.717, 1.165) is 107 Å². The molecule has 1 aromatic carbocycles. The Hall–Kier alpha value is -2.12. The molecule has 0 saturated carbocycles. The lowest BCUT2D eigenvalue weighted by atomic mass is 9.93. The van der Waals surface area contributed by atoms with Gasteiger partial charge in [-0.05, 0) is 55.2 Å². The minimum absolute atomic E-state index is 0.266. The highest BCUT2D eigenvalue weighted by Gasteiger charge is 2.35. The van der Waals surface area contributed by atoms with E-state index in [1.807, 2.05) is 0 Å². The molecule has 212 valence electrons. The summed E-state index contributed by atoms with van der Waals surface area (Å²) in [4.78, 5) is 32.7. The standard InChI is InChI=1S/C31H51N4O3/c1-5-6-15-32(17-9-19-35(2,3)4)31(37)24-34-23-27(25-11-12-29-26(21-25)14-20-38-29)22-28(34)13-18-33-16-8-7-10-30(33)36/h11-12,21,27-28H,5-10,13-20,22-24H2,1-4H3/q+1. The normalized spacial score (nSPS) is 22.0. The molecule has 1 aromatic rings. The molecule has 38 heavy (non-hydrogen) atoms. The summed E-state index contributed by atoms with van der Waals surface area (Å²) in [6.07, 6.45) is 8.97. The first-order valence-electron chi connectivity index (χ1n) is 15.1. The van der Waals surface area contributed by atoms with Crippen LogP contribution >= 0.6 is 0 Å². The van der Waals surface area contributed by atoms with Gasteiger partial charge >= 0.3 is 0 Å². The van der Waals surface area contributed by atoms with E-state index in [0.29, 0.717) is 30.8 Å². The molecule has 7 heteroatoms. The van der Waals surface area contributed by atoms with E-state index in [1.54, 1.807) is 0 Å². The number of likely N-dealkylation sites (tertiary alicyclic amines) is 2. The lowest BCUT2D eigenvalue weighted by Crippen LogP contribution is -2.45. The molecule has 2 saturated heterocycles. The number of carbonyl (C=O) groups excluding carboxylic acids is 2. The third-order valence-corrected chi connectivity index (χ3v) is 8.60. The fraction of sp³-hybridized carbons (Fsp3) is 0.742. The molecule has 2 atom stereocenters. The van der Waals surface area contributed by atoms with E-state index in [9.17, 15) is 9.59 Å². The highest BCUT2D eigenvalue weighted by atomic mass is 16.5. The fourth-order valence-electron chi connectivity index (χ4n) is 6.30. The van der Waals surface area contributed by atoms with Gasteiger partial charge in [0.15, 0.2) is 0 Å². The molecular formula is C31H51N4O3+. The molecule has 0 spiro atoms. The number of piperidine rings is 1. The zero-order valence-electron chi connectivity index (χ0n) is 24.4. The lowest BCUT2D eigenvalue weighted by molar-refractivity contribution is -0.870. The molecule has 2 unspecified atom stereocenters. The maximum Gasteiger partial charge on any atom is 0.236 e. The molecule has 0 aliphatic carbocycles. The molecule has 2 fully saturated rings. The summed E-state index contributed by atoms with van der Waals surface area (Å²) in [7, 11) is 6.64. The van der Waals surface area contributed by atoms with E-state index in [2.05, 4.69) is 61.0 Å². The summed E-state index contributed by atoms with van der Waals surface area (Å²) in [6.45, 7) is 8.80. The van der Waals surface area contributed by atoms with Gasteiger partial charge in [-0.2, -0.15) is 0 Å². The van der Waals surface area contributed by atoms with Gasteiger partial charge in [0.25, 0.3) is 0 Å². The minimum Gasteiger partial charge on any atom is -0.493 e. The molecule has 7 nitrogen and oxygen atoms in total. The Morgan fingerprint density at radius 3 is 2.71 bits per heavy atom. The van der Waals surface area contributed by atoms with Crippen molar-refractivity contribution in [2.45, 2.75) is 76.7 Å². The zero-order valence-corrected chi connectivity index (χ0v) is 24.4. The van der Waals surface area contributed by atoms with Crippen molar-refractivity contribution < 1.29 is 18.8 Å². The van der Waals surface area contributed by atoms with Crippen LogP contribution in [0.1, 0.15) is 75.3 Å². The highest BCUT2D eigenvalue weighted by Crippen LogP contribution is 2.36. The number of amides is 2. The van der Waals surface area contributed by atoms with E-state index in [1.165, 1.54) is 11.1 Å². The largest absolute Gasteiger partial charge is 0.493 e. The van der Waals surface area contributed by atoms with Crippen molar-refractivity contribution in [3.63, 3.8) is 0 Å². The maximum absolute atomic E-state index is 13.7. The van der Waals surface area contributed by atoms with Crippen LogP contribution in [0.3, 0.4) is 0 Å². The third kappa shape index (κ3) is 7.95. The first-order chi connectivity index (χ1) is 18.2. The smallest absolute Gasteiger partial charge is 0.236 e.